The number of hydrogen-bond donors (Lipinski definition) is 4. The maximum atomic E-state index is 4.90. The molecule has 6 heteroatoms. The summed E-state index contributed by atoms with van der Waals surface area (Å²) in [6.45, 7) is 6.76. The van der Waals surface area contributed by atoms with Crippen LogP contribution < -0.4 is 10.6 Å². The highest BCUT2D eigenvalue weighted by molar-refractivity contribution is 5.87. The smallest absolute Gasteiger partial charge is 0.124 e. The molecule has 4 aromatic rings. The number of fused-ring (bicyclic) bond motifs is 2. The van der Waals surface area contributed by atoms with Gasteiger partial charge in [0.1, 0.15) is 11.6 Å². The summed E-state index contributed by atoms with van der Waals surface area (Å²) in [5.41, 5.74) is 10.9. The minimum absolute atomic E-state index is 0.340. The van der Waals surface area contributed by atoms with Crippen LogP contribution in [0.1, 0.15) is 86.2 Å². The molecule has 3 fully saturated rings. The molecular weight excluding hydrogens is 516 g/mol. The molecule has 2 aromatic carbocycles. The van der Waals surface area contributed by atoms with Gasteiger partial charge in [-0.25, -0.2) is 9.97 Å². The SMILES string of the molecule is C=C1CC2CCC2C/C(c2ccc(-c3cnc([C@@H]4CCCN4)[nH]3)cc2)=C\C=C1c1ccc2nc([C@@H]3CCCN3)[nH]c2c1. The van der Waals surface area contributed by atoms with Gasteiger partial charge in [-0.1, -0.05) is 49.1 Å². The maximum absolute atomic E-state index is 4.90. The maximum Gasteiger partial charge on any atom is 0.124 e. The van der Waals surface area contributed by atoms with Crippen LogP contribution in [0.25, 0.3) is 33.4 Å². The Morgan fingerprint density at radius 1 is 0.714 bits per heavy atom. The van der Waals surface area contributed by atoms with E-state index >= 15 is 0 Å². The van der Waals surface area contributed by atoms with Gasteiger partial charge in [0.15, 0.2) is 0 Å². The largest absolute Gasteiger partial charge is 0.341 e. The van der Waals surface area contributed by atoms with Crippen molar-refractivity contribution in [2.24, 2.45) is 11.8 Å². The van der Waals surface area contributed by atoms with E-state index in [0.29, 0.717) is 18.0 Å². The number of aromatic amines is 2. The lowest BCUT2D eigenvalue weighted by Crippen LogP contribution is -2.26. The van der Waals surface area contributed by atoms with Crippen LogP contribution in [0.2, 0.25) is 0 Å². The summed E-state index contributed by atoms with van der Waals surface area (Å²) < 4.78 is 0. The van der Waals surface area contributed by atoms with Crippen LogP contribution in [0, 0.1) is 11.8 Å². The molecule has 1 saturated carbocycles. The van der Waals surface area contributed by atoms with Gasteiger partial charge >= 0.3 is 0 Å². The number of H-pyrrole nitrogens is 2. The van der Waals surface area contributed by atoms with E-state index in [0.717, 1.165) is 73.1 Å². The van der Waals surface area contributed by atoms with Gasteiger partial charge < -0.3 is 20.6 Å². The van der Waals surface area contributed by atoms with Crippen LogP contribution in [-0.2, 0) is 0 Å². The molecule has 0 radical (unpaired) electrons. The van der Waals surface area contributed by atoms with Crippen molar-refractivity contribution in [1.29, 1.82) is 0 Å². The van der Waals surface area contributed by atoms with Gasteiger partial charge in [0, 0.05) is 0 Å². The highest BCUT2D eigenvalue weighted by atomic mass is 15.0. The number of benzene rings is 2. The summed E-state index contributed by atoms with van der Waals surface area (Å²) in [6, 6.07) is 16.4. The second-order valence-corrected chi connectivity index (χ2v) is 12.8. The molecule has 4 aliphatic rings. The fraction of sp³-hybridized carbons (Fsp3) is 0.389. The van der Waals surface area contributed by atoms with Crippen molar-refractivity contribution in [1.82, 2.24) is 30.6 Å². The fourth-order valence-corrected chi connectivity index (χ4v) is 7.49. The van der Waals surface area contributed by atoms with E-state index in [-0.39, 0.29) is 0 Å². The number of rotatable bonds is 5. The van der Waals surface area contributed by atoms with Gasteiger partial charge in [0.2, 0.25) is 0 Å². The third-order valence-corrected chi connectivity index (χ3v) is 10.2. The van der Waals surface area contributed by atoms with Crippen LogP contribution in [-0.4, -0.2) is 33.0 Å². The van der Waals surface area contributed by atoms with Crippen molar-refractivity contribution in [3.63, 3.8) is 0 Å². The summed E-state index contributed by atoms with van der Waals surface area (Å²) in [7, 11) is 0. The lowest BCUT2D eigenvalue weighted by atomic mass is 9.67. The van der Waals surface area contributed by atoms with Crippen molar-refractivity contribution in [2.45, 2.75) is 63.5 Å². The standard InChI is InChI=1S/C36H40N6/c1-22-18-25-10-11-27(25)19-26(23-6-8-24(9-7-23)34-21-39-35(42-34)31-4-2-16-37-31)12-14-29(22)28-13-15-30-33(20-28)41-36(40-30)32-5-3-17-38-32/h6-9,12-15,20-21,25,27,31-32,37-38H,1-5,10-11,16-19H2,(H,39,42)(H,40,41)/b26-12+,29-14?/t25?,27?,31-,32-/m0/s1. The summed E-state index contributed by atoms with van der Waals surface area (Å²) in [6.07, 6.45) is 16.2. The average Bonchev–Trinajstić information content (AvgIpc) is 3.82. The number of allylic oxidation sites excluding steroid dienone is 5. The quantitative estimate of drug-likeness (QED) is 0.204. The molecule has 0 amide bonds. The molecule has 2 aromatic heterocycles. The van der Waals surface area contributed by atoms with Crippen molar-refractivity contribution in [2.75, 3.05) is 13.1 Å². The Morgan fingerprint density at radius 2 is 1.43 bits per heavy atom. The number of hydrogen-bond acceptors (Lipinski definition) is 4. The van der Waals surface area contributed by atoms with Crippen molar-refractivity contribution in [3.05, 3.63) is 95.7 Å². The first-order valence-corrected chi connectivity index (χ1v) is 15.9. The predicted molar refractivity (Wildman–Crippen MR) is 171 cm³/mol. The number of aromatic nitrogens is 4. The average molecular weight is 557 g/mol. The van der Waals surface area contributed by atoms with Gasteiger partial charge in [0.25, 0.3) is 0 Å². The Labute approximate surface area is 247 Å². The van der Waals surface area contributed by atoms with Gasteiger partial charge in [0.05, 0.1) is 35.0 Å². The van der Waals surface area contributed by atoms with Crippen LogP contribution in [0.5, 0.6) is 0 Å². The third kappa shape index (κ3) is 4.87. The number of nitrogens with zero attached hydrogens (tertiary/aromatic N) is 2. The molecule has 2 aliphatic heterocycles. The molecule has 4 heterocycles. The van der Waals surface area contributed by atoms with Gasteiger partial charge in [-0.3, -0.25) is 0 Å². The van der Waals surface area contributed by atoms with E-state index < -0.39 is 0 Å². The zero-order valence-electron chi connectivity index (χ0n) is 24.3. The molecule has 8 rings (SSSR count). The Hall–Kier alpha value is -3.74. The zero-order valence-corrected chi connectivity index (χ0v) is 24.3. The second-order valence-electron chi connectivity index (χ2n) is 12.8. The number of nitrogens with one attached hydrogen (secondary N) is 4. The summed E-state index contributed by atoms with van der Waals surface area (Å²) in [4.78, 5) is 16.7. The van der Waals surface area contributed by atoms with Crippen molar-refractivity contribution < 1.29 is 0 Å². The van der Waals surface area contributed by atoms with Gasteiger partial charge in [-0.2, -0.15) is 0 Å². The minimum atomic E-state index is 0.340. The Morgan fingerprint density at radius 3 is 2.17 bits per heavy atom. The van der Waals surface area contributed by atoms with Crippen LogP contribution in [0.4, 0.5) is 0 Å². The molecule has 2 unspecified atom stereocenters. The summed E-state index contributed by atoms with van der Waals surface area (Å²) >= 11 is 0. The van der Waals surface area contributed by atoms with Crippen LogP contribution >= 0.6 is 0 Å². The second kappa shape index (κ2) is 10.8. The molecule has 214 valence electrons. The summed E-state index contributed by atoms with van der Waals surface area (Å²) in [5.74, 6) is 3.56. The minimum Gasteiger partial charge on any atom is -0.341 e. The molecule has 0 spiro atoms. The number of imidazole rings is 2. The van der Waals surface area contributed by atoms with E-state index in [2.05, 4.69) is 86.8 Å². The van der Waals surface area contributed by atoms with E-state index in [9.17, 15) is 0 Å². The van der Waals surface area contributed by atoms with Crippen molar-refractivity contribution in [3.8, 4) is 11.3 Å². The van der Waals surface area contributed by atoms with Gasteiger partial charge in [-0.15, -0.1) is 0 Å². The summed E-state index contributed by atoms with van der Waals surface area (Å²) in [5, 5.41) is 7.11. The molecule has 2 aliphatic carbocycles. The molecule has 4 atom stereocenters. The zero-order chi connectivity index (χ0) is 28.0. The highest BCUT2D eigenvalue weighted by Gasteiger charge is 2.33. The molecule has 42 heavy (non-hydrogen) atoms. The molecular formula is C36H40N6. The molecule has 0 bridgehead atoms. The van der Waals surface area contributed by atoms with Crippen LogP contribution in [0.3, 0.4) is 0 Å². The van der Waals surface area contributed by atoms with E-state index in [1.165, 1.54) is 59.1 Å². The lowest BCUT2D eigenvalue weighted by Gasteiger charge is -2.38. The molecule has 4 N–H and O–H groups in total. The predicted octanol–water partition coefficient (Wildman–Crippen LogP) is 7.65. The topological polar surface area (TPSA) is 81.4 Å². The van der Waals surface area contributed by atoms with E-state index in [1.54, 1.807) is 0 Å². The van der Waals surface area contributed by atoms with E-state index in [4.69, 9.17) is 4.98 Å². The highest BCUT2D eigenvalue weighted by Crippen LogP contribution is 2.46. The Balaban J connectivity index is 1.10. The molecule has 2 saturated heterocycles. The first kappa shape index (κ1) is 25.9. The van der Waals surface area contributed by atoms with Gasteiger partial charge in [-0.05, 0) is 122 Å². The Bertz CT molecular complexity index is 1670. The monoisotopic (exact) mass is 556 g/mol. The lowest BCUT2D eigenvalue weighted by molar-refractivity contribution is 0.182. The normalized spacial score (nSPS) is 27.5. The van der Waals surface area contributed by atoms with Crippen molar-refractivity contribution >= 4 is 22.2 Å². The molecule has 6 nitrogen and oxygen atoms in total. The van der Waals surface area contributed by atoms with E-state index in [1.807, 2.05) is 6.20 Å². The fourth-order valence-electron chi connectivity index (χ4n) is 7.49. The first-order valence-electron chi connectivity index (χ1n) is 15.9. The Kier molecular flexibility index (Phi) is 6.69. The third-order valence-electron chi connectivity index (χ3n) is 10.2. The first-order chi connectivity index (χ1) is 20.7. The van der Waals surface area contributed by atoms with Crippen LogP contribution in [0.15, 0.2) is 73.0 Å².